The summed E-state index contributed by atoms with van der Waals surface area (Å²) < 4.78 is 1.76. The number of benzene rings is 1. The standard InChI is InChI=1S/C15H20N4O/c1-19-11-12(10-18-19)8-9-17-15(20)7-6-13-4-2-3-5-14(13)16/h2-5,10-11H,6-9,16H2,1H3,(H,17,20). The summed E-state index contributed by atoms with van der Waals surface area (Å²) in [4.78, 5) is 11.8. The summed E-state index contributed by atoms with van der Waals surface area (Å²) in [6, 6.07) is 7.65. The summed E-state index contributed by atoms with van der Waals surface area (Å²) in [5.41, 5.74) is 8.74. The van der Waals surface area contributed by atoms with E-state index < -0.39 is 0 Å². The maximum Gasteiger partial charge on any atom is 0.220 e. The highest BCUT2D eigenvalue weighted by atomic mass is 16.1. The third-order valence-electron chi connectivity index (χ3n) is 3.17. The minimum Gasteiger partial charge on any atom is -0.399 e. The molecule has 0 radical (unpaired) electrons. The number of carbonyl (C=O) groups is 1. The monoisotopic (exact) mass is 272 g/mol. The Morgan fingerprint density at radius 3 is 2.85 bits per heavy atom. The van der Waals surface area contributed by atoms with Crippen LogP contribution in [0.25, 0.3) is 0 Å². The Morgan fingerprint density at radius 2 is 2.15 bits per heavy atom. The molecule has 0 aliphatic heterocycles. The number of hydrogen-bond acceptors (Lipinski definition) is 3. The number of anilines is 1. The number of amides is 1. The van der Waals surface area contributed by atoms with Gasteiger partial charge in [0, 0.05) is 31.9 Å². The minimum atomic E-state index is 0.0529. The highest BCUT2D eigenvalue weighted by Gasteiger charge is 2.04. The lowest BCUT2D eigenvalue weighted by Gasteiger charge is -2.06. The van der Waals surface area contributed by atoms with E-state index in [4.69, 9.17) is 5.73 Å². The first-order valence-electron chi connectivity index (χ1n) is 6.73. The minimum absolute atomic E-state index is 0.0529. The predicted octanol–water partition coefficient (Wildman–Crippen LogP) is 1.29. The molecular weight excluding hydrogens is 252 g/mol. The molecule has 5 heteroatoms. The van der Waals surface area contributed by atoms with Gasteiger partial charge in [0.05, 0.1) is 6.20 Å². The molecule has 3 N–H and O–H groups in total. The Bertz CT molecular complexity index is 577. The molecule has 0 saturated carbocycles. The van der Waals surface area contributed by atoms with Crippen molar-refractivity contribution in [3.8, 4) is 0 Å². The van der Waals surface area contributed by atoms with Gasteiger partial charge in [-0.3, -0.25) is 9.48 Å². The van der Waals surface area contributed by atoms with Crippen LogP contribution < -0.4 is 11.1 Å². The van der Waals surface area contributed by atoms with Crippen LogP contribution >= 0.6 is 0 Å². The van der Waals surface area contributed by atoms with Gasteiger partial charge >= 0.3 is 0 Å². The molecule has 20 heavy (non-hydrogen) atoms. The molecule has 2 rings (SSSR count). The van der Waals surface area contributed by atoms with Crippen LogP contribution in [0.5, 0.6) is 0 Å². The van der Waals surface area contributed by atoms with Crippen LogP contribution in [0, 0.1) is 0 Å². The molecule has 1 aromatic carbocycles. The van der Waals surface area contributed by atoms with Crippen LogP contribution in [0.4, 0.5) is 5.69 Å². The molecular formula is C15H20N4O. The third kappa shape index (κ3) is 4.12. The summed E-state index contributed by atoms with van der Waals surface area (Å²) in [6.45, 7) is 0.634. The average molecular weight is 272 g/mol. The molecule has 1 heterocycles. The van der Waals surface area contributed by atoms with Crippen molar-refractivity contribution in [2.45, 2.75) is 19.3 Å². The quantitative estimate of drug-likeness (QED) is 0.778. The van der Waals surface area contributed by atoms with Crippen molar-refractivity contribution in [1.82, 2.24) is 15.1 Å². The van der Waals surface area contributed by atoms with Gasteiger partial charge in [-0.1, -0.05) is 18.2 Å². The van der Waals surface area contributed by atoms with Gasteiger partial charge in [-0.2, -0.15) is 5.10 Å². The molecule has 0 spiro atoms. The van der Waals surface area contributed by atoms with Crippen molar-refractivity contribution in [3.05, 3.63) is 47.8 Å². The normalized spacial score (nSPS) is 10.4. The molecule has 0 atom stereocenters. The Hall–Kier alpha value is -2.30. The first-order valence-corrected chi connectivity index (χ1v) is 6.73. The molecule has 106 valence electrons. The van der Waals surface area contributed by atoms with E-state index in [1.54, 1.807) is 4.68 Å². The van der Waals surface area contributed by atoms with Gasteiger partial charge < -0.3 is 11.1 Å². The molecule has 0 aliphatic rings. The van der Waals surface area contributed by atoms with Gasteiger partial charge in [0.1, 0.15) is 0 Å². The first kappa shape index (κ1) is 14.1. The molecule has 0 aliphatic carbocycles. The van der Waals surface area contributed by atoms with Gasteiger partial charge in [-0.05, 0) is 30.0 Å². The van der Waals surface area contributed by atoms with Crippen LogP contribution in [0.1, 0.15) is 17.5 Å². The zero-order valence-corrected chi connectivity index (χ0v) is 11.7. The van der Waals surface area contributed by atoms with Crippen molar-refractivity contribution in [2.24, 2.45) is 7.05 Å². The Balaban J connectivity index is 1.69. The smallest absolute Gasteiger partial charge is 0.220 e. The molecule has 1 aromatic heterocycles. The van der Waals surface area contributed by atoms with Gasteiger partial charge in [0.2, 0.25) is 5.91 Å². The highest BCUT2D eigenvalue weighted by Crippen LogP contribution is 2.12. The summed E-state index contributed by atoms with van der Waals surface area (Å²) in [7, 11) is 1.88. The van der Waals surface area contributed by atoms with Gasteiger partial charge in [0.15, 0.2) is 0 Å². The second-order valence-corrected chi connectivity index (χ2v) is 4.82. The molecule has 0 unspecified atom stereocenters. The predicted molar refractivity (Wildman–Crippen MR) is 79.1 cm³/mol. The molecule has 2 aromatic rings. The zero-order valence-electron chi connectivity index (χ0n) is 11.7. The van der Waals surface area contributed by atoms with E-state index in [0.717, 1.165) is 23.2 Å². The second-order valence-electron chi connectivity index (χ2n) is 4.82. The number of hydrogen-bond donors (Lipinski definition) is 2. The summed E-state index contributed by atoms with van der Waals surface area (Å²) in [5, 5.41) is 7.00. The number of nitrogens with zero attached hydrogens (tertiary/aromatic N) is 2. The largest absolute Gasteiger partial charge is 0.399 e. The highest BCUT2D eigenvalue weighted by molar-refractivity contribution is 5.76. The van der Waals surface area contributed by atoms with Crippen LogP contribution in [-0.2, 0) is 24.7 Å². The average Bonchev–Trinajstić information content (AvgIpc) is 2.83. The summed E-state index contributed by atoms with van der Waals surface area (Å²) in [5.74, 6) is 0.0529. The number of aryl methyl sites for hydroxylation is 2. The number of carbonyl (C=O) groups excluding carboxylic acids is 1. The fraction of sp³-hybridized carbons (Fsp3) is 0.333. The lowest BCUT2D eigenvalue weighted by atomic mass is 10.1. The van der Waals surface area contributed by atoms with E-state index in [9.17, 15) is 4.79 Å². The van der Waals surface area contributed by atoms with Crippen molar-refractivity contribution < 1.29 is 4.79 Å². The molecule has 0 saturated heterocycles. The number of nitrogens with two attached hydrogens (primary N) is 1. The Kier molecular flexibility index (Phi) is 4.76. The lowest BCUT2D eigenvalue weighted by Crippen LogP contribution is -2.25. The third-order valence-corrected chi connectivity index (χ3v) is 3.17. The first-order chi connectivity index (χ1) is 9.65. The van der Waals surface area contributed by atoms with Crippen molar-refractivity contribution in [3.63, 3.8) is 0 Å². The van der Waals surface area contributed by atoms with E-state index in [-0.39, 0.29) is 5.91 Å². The van der Waals surface area contributed by atoms with Crippen LogP contribution in [0.2, 0.25) is 0 Å². The van der Waals surface area contributed by atoms with Crippen LogP contribution in [0.15, 0.2) is 36.7 Å². The summed E-state index contributed by atoms with van der Waals surface area (Å²) >= 11 is 0. The molecule has 0 fully saturated rings. The zero-order chi connectivity index (χ0) is 14.4. The number of aromatic nitrogens is 2. The number of para-hydroxylation sites is 1. The summed E-state index contributed by atoms with van der Waals surface area (Å²) in [6.07, 6.45) is 5.70. The molecule has 5 nitrogen and oxygen atoms in total. The van der Waals surface area contributed by atoms with Crippen LogP contribution in [0.3, 0.4) is 0 Å². The van der Waals surface area contributed by atoms with Gasteiger partial charge in [0.25, 0.3) is 0 Å². The fourth-order valence-corrected chi connectivity index (χ4v) is 2.05. The van der Waals surface area contributed by atoms with E-state index in [2.05, 4.69) is 10.4 Å². The van der Waals surface area contributed by atoms with Gasteiger partial charge in [-0.15, -0.1) is 0 Å². The Morgan fingerprint density at radius 1 is 1.35 bits per heavy atom. The van der Waals surface area contributed by atoms with Crippen molar-refractivity contribution in [2.75, 3.05) is 12.3 Å². The number of nitrogens with one attached hydrogen (secondary N) is 1. The number of rotatable bonds is 6. The second kappa shape index (κ2) is 6.75. The van der Waals surface area contributed by atoms with E-state index in [0.29, 0.717) is 19.4 Å². The topological polar surface area (TPSA) is 72.9 Å². The van der Waals surface area contributed by atoms with Gasteiger partial charge in [-0.25, -0.2) is 0 Å². The van der Waals surface area contributed by atoms with E-state index >= 15 is 0 Å². The SMILES string of the molecule is Cn1cc(CCNC(=O)CCc2ccccc2N)cn1. The molecule has 1 amide bonds. The Labute approximate surface area is 118 Å². The fourth-order valence-electron chi connectivity index (χ4n) is 2.05. The maximum atomic E-state index is 11.8. The lowest BCUT2D eigenvalue weighted by molar-refractivity contribution is -0.121. The van der Waals surface area contributed by atoms with Crippen molar-refractivity contribution in [1.29, 1.82) is 0 Å². The van der Waals surface area contributed by atoms with E-state index in [1.165, 1.54) is 0 Å². The maximum absolute atomic E-state index is 11.8. The van der Waals surface area contributed by atoms with E-state index in [1.807, 2.05) is 43.7 Å². The van der Waals surface area contributed by atoms with Crippen molar-refractivity contribution >= 4 is 11.6 Å². The van der Waals surface area contributed by atoms with Crippen LogP contribution in [-0.4, -0.2) is 22.2 Å². The number of nitrogen functional groups attached to an aromatic ring is 1. The molecule has 0 bridgehead atoms.